The van der Waals surface area contributed by atoms with Gasteiger partial charge in [0.1, 0.15) is 6.04 Å². The van der Waals surface area contributed by atoms with Crippen LogP contribution in [-0.2, 0) is 15.7 Å². The molecule has 0 amide bonds. The maximum atomic E-state index is 12.5. The second-order valence-electron chi connectivity index (χ2n) is 4.87. The summed E-state index contributed by atoms with van der Waals surface area (Å²) in [6.07, 6.45) is -2.99. The summed E-state index contributed by atoms with van der Waals surface area (Å²) in [5, 5.41) is 3.05. The van der Waals surface area contributed by atoms with Gasteiger partial charge in [0.15, 0.2) is 0 Å². The molecular weight excluding hydrogens is 271 g/mol. The summed E-state index contributed by atoms with van der Waals surface area (Å²) in [5.41, 5.74) is 0.174. The molecule has 6 heteroatoms. The number of nitrogens with one attached hydrogen (secondary N) is 1. The number of alkyl halides is 3. The summed E-state index contributed by atoms with van der Waals surface area (Å²) in [4.78, 5) is 11.5. The van der Waals surface area contributed by atoms with Crippen LogP contribution in [0.25, 0.3) is 0 Å². The van der Waals surface area contributed by atoms with Crippen LogP contribution in [0.1, 0.15) is 29.9 Å². The molecule has 1 aliphatic rings. The molecule has 0 saturated carbocycles. The van der Waals surface area contributed by atoms with Crippen LogP contribution in [0.2, 0.25) is 0 Å². The van der Waals surface area contributed by atoms with Gasteiger partial charge in [-0.3, -0.25) is 4.79 Å². The number of benzene rings is 1. The monoisotopic (exact) mass is 287 g/mol. The van der Waals surface area contributed by atoms with Crippen LogP contribution in [0.3, 0.4) is 0 Å². The summed E-state index contributed by atoms with van der Waals surface area (Å²) in [7, 11) is 1.33. The molecule has 3 nitrogen and oxygen atoms in total. The molecule has 0 unspecified atom stereocenters. The minimum atomic E-state index is -4.32. The molecule has 0 spiro atoms. The number of rotatable bonds is 2. The number of esters is 1. The van der Waals surface area contributed by atoms with Gasteiger partial charge in [0.05, 0.1) is 12.7 Å². The van der Waals surface area contributed by atoms with Gasteiger partial charge in [-0.15, -0.1) is 0 Å². The first-order valence-electron chi connectivity index (χ1n) is 6.40. The van der Waals surface area contributed by atoms with Crippen LogP contribution in [0.4, 0.5) is 13.2 Å². The SMILES string of the molecule is COC(=O)[C@H]1C[C@H](c2ccc(C(F)(F)F)cc2)CCN1. The van der Waals surface area contributed by atoms with E-state index in [0.717, 1.165) is 24.1 Å². The van der Waals surface area contributed by atoms with Gasteiger partial charge in [-0.2, -0.15) is 13.2 Å². The summed E-state index contributed by atoms with van der Waals surface area (Å²) < 4.78 is 42.2. The normalized spacial score (nSPS) is 23.4. The number of halogens is 3. The van der Waals surface area contributed by atoms with Crippen molar-refractivity contribution >= 4 is 5.97 Å². The second-order valence-corrected chi connectivity index (χ2v) is 4.87. The average Bonchev–Trinajstić information content (AvgIpc) is 2.46. The zero-order valence-corrected chi connectivity index (χ0v) is 11.0. The van der Waals surface area contributed by atoms with Crippen LogP contribution >= 0.6 is 0 Å². The van der Waals surface area contributed by atoms with Crippen molar-refractivity contribution in [2.24, 2.45) is 0 Å². The van der Waals surface area contributed by atoms with E-state index in [4.69, 9.17) is 0 Å². The van der Waals surface area contributed by atoms with Crippen LogP contribution in [0.5, 0.6) is 0 Å². The van der Waals surface area contributed by atoms with Crippen molar-refractivity contribution in [3.8, 4) is 0 Å². The third kappa shape index (κ3) is 3.30. The van der Waals surface area contributed by atoms with Gasteiger partial charge in [0.25, 0.3) is 0 Å². The lowest BCUT2D eigenvalue weighted by Gasteiger charge is -2.29. The molecule has 1 N–H and O–H groups in total. The summed E-state index contributed by atoms with van der Waals surface area (Å²) in [6.45, 7) is 0.644. The van der Waals surface area contributed by atoms with Crippen molar-refractivity contribution in [2.45, 2.75) is 31.0 Å². The summed E-state index contributed by atoms with van der Waals surface area (Å²) >= 11 is 0. The number of piperidine rings is 1. The zero-order valence-electron chi connectivity index (χ0n) is 11.0. The fourth-order valence-electron chi connectivity index (χ4n) is 2.49. The Morgan fingerprint density at radius 2 is 1.95 bits per heavy atom. The van der Waals surface area contributed by atoms with Crippen LogP contribution in [-0.4, -0.2) is 25.7 Å². The second kappa shape index (κ2) is 5.83. The van der Waals surface area contributed by atoms with E-state index in [1.807, 2.05) is 0 Å². The Morgan fingerprint density at radius 1 is 1.30 bits per heavy atom. The number of hydrogen-bond acceptors (Lipinski definition) is 3. The smallest absolute Gasteiger partial charge is 0.416 e. The first kappa shape index (κ1) is 14.8. The molecule has 1 aromatic rings. The van der Waals surface area contributed by atoms with Gasteiger partial charge in [-0.05, 0) is 43.0 Å². The van der Waals surface area contributed by atoms with E-state index in [1.165, 1.54) is 19.2 Å². The predicted molar refractivity (Wildman–Crippen MR) is 67.2 cm³/mol. The van der Waals surface area contributed by atoms with Crippen LogP contribution < -0.4 is 5.32 Å². The van der Waals surface area contributed by atoms with Gasteiger partial charge < -0.3 is 10.1 Å². The highest BCUT2D eigenvalue weighted by molar-refractivity contribution is 5.75. The van der Waals surface area contributed by atoms with Crippen molar-refractivity contribution in [2.75, 3.05) is 13.7 Å². The third-order valence-corrected chi connectivity index (χ3v) is 3.60. The summed E-state index contributed by atoms with van der Waals surface area (Å²) in [5.74, 6) is -0.260. The molecule has 0 aliphatic carbocycles. The number of ether oxygens (including phenoxy) is 1. The van der Waals surface area contributed by atoms with Crippen LogP contribution in [0, 0.1) is 0 Å². The van der Waals surface area contributed by atoms with Crippen LogP contribution in [0.15, 0.2) is 24.3 Å². The van der Waals surface area contributed by atoms with Crippen molar-refractivity contribution in [3.63, 3.8) is 0 Å². The Balaban J connectivity index is 2.09. The molecule has 1 heterocycles. The molecule has 2 atom stereocenters. The van der Waals surface area contributed by atoms with Gasteiger partial charge in [0.2, 0.25) is 0 Å². The molecule has 2 rings (SSSR count). The molecule has 1 fully saturated rings. The Morgan fingerprint density at radius 3 is 2.50 bits per heavy atom. The van der Waals surface area contributed by atoms with E-state index in [2.05, 4.69) is 10.1 Å². The number of carbonyl (C=O) groups excluding carboxylic acids is 1. The highest BCUT2D eigenvalue weighted by atomic mass is 19.4. The number of hydrogen-bond donors (Lipinski definition) is 1. The van der Waals surface area contributed by atoms with Crippen molar-refractivity contribution in [1.82, 2.24) is 5.32 Å². The first-order chi connectivity index (χ1) is 9.41. The number of methoxy groups -OCH3 is 1. The fraction of sp³-hybridized carbons (Fsp3) is 0.500. The molecule has 110 valence electrons. The number of carbonyl (C=O) groups is 1. The lowest BCUT2D eigenvalue weighted by Crippen LogP contribution is -2.43. The quantitative estimate of drug-likeness (QED) is 0.850. The fourth-order valence-corrected chi connectivity index (χ4v) is 2.49. The Hall–Kier alpha value is -1.56. The minimum Gasteiger partial charge on any atom is -0.468 e. The van der Waals surface area contributed by atoms with Gasteiger partial charge in [0, 0.05) is 0 Å². The first-order valence-corrected chi connectivity index (χ1v) is 6.40. The molecule has 0 aromatic heterocycles. The van der Waals surface area contributed by atoms with Crippen molar-refractivity contribution < 1.29 is 22.7 Å². The Labute approximate surface area is 115 Å². The highest BCUT2D eigenvalue weighted by Gasteiger charge is 2.31. The Kier molecular flexibility index (Phi) is 4.32. The molecule has 1 aliphatic heterocycles. The van der Waals surface area contributed by atoms with E-state index < -0.39 is 11.7 Å². The average molecular weight is 287 g/mol. The highest BCUT2D eigenvalue weighted by Crippen LogP contribution is 2.32. The third-order valence-electron chi connectivity index (χ3n) is 3.60. The molecular formula is C14H16F3NO2. The Bertz CT molecular complexity index is 470. The van der Waals surface area contributed by atoms with E-state index in [-0.39, 0.29) is 17.9 Å². The maximum Gasteiger partial charge on any atom is 0.416 e. The largest absolute Gasteiger partial charge is 0.468 e. The van der Waals surface area contributed by atoms with Gasteiger partial charge >= 0.3 is 12.1 Å². The van der Waals surface area contributed by atoms with Gasteiger partial charge in [-0.1, -0.05) is 12.1 Å². The van der Waals surface area contributed by atoms with Crippen molar-refractivity contribution in [3.05, 3.63) is 35.4 Å². The minimum absolute atomic E-state index is 0.0719. The molecule has 20 heavy (non-hydrogen) atoms. The van der Waals surface area contributed by atoms with E-state index >= 15 is 0 Å². The molecule has 0 bridgehead atoms. The zero-order chi connectivity index (χ0) is 14.8. The van der Waals surface area contributed by atoms with E-state index in [0.29, 0.717) is 13.0 Å². The predicted octanol–water partition coefficient (Wildman–Crippen LogP) is 2.71. The van der Waals surface area contributed by atoms with E-state index in [1.54, 1.807) is 0 Å². The lowest BCUT2D eigenvalue weighted by molar-refractivity contribution is -0.143. The van der Waals surface area contributed by atoms with E-state index in [9.17, 15) is 18.0 Å². The summed E-state index contributed by atoms with van der Waals surface area (Å²) in [6, 6.07) is 4.77. The maximum absolute atomic E-state index is 12.5. The molecule has 1 aromatic carbocycles. The molecule has 1 saturated heterocycles. The topological polar surface area (TPSA) is 38.3 Å². The molecule has 0 radical (unpaired) electrons. The van der Waals surface area contributed by atoms with Gasteiger partial charge in [-0.25, -0.2) is 0 Å². The standard InChI is InChI=1S/C14H16F3NO2/c1-20-13(19)12-8-10(6-7-18-12)9-2-4-11(5-3-9)14(15,16)17/h2-5,10,12,18H,6-8H2,1H3/t10-,12-/m1/s1. The lowest BCUT2D eigenvalue weighted by atomic mass is 9.86. The van der Waals surface area contributed by atoms with Crippen molar-refractivity contribution in [1.29, 1.82) is 0 Å².